The highest BCUT2D eigenvalue weighted by Gasteiger charge is 2.27. The third-order valence-electron chi connectivity index (χ3n) is 4.45. The second-order valence-electron chi connectivity index (χ2n) is 6.10. The molecule has 0 heterocycles. The monoisotopic (exact) mass is 282 g/mol. The Bertz CT molecular complexity index is 308. The van der Waals surface area contributed by atoms with E-state index in [0.717, 1.165) is 12.3 Å². The maximum absolute atomic E-state index is 5.00. The Morgan fingerprint density at radius 2 is 1.53 bits per heavy atom. The van der Waals surface area contributed by atoms with Gasteiger partial charge in [0.05, 0.1) is 0 Å². The van der Waals surface area contributed by atoms with E-state index >= 15 is 0 Å². The minimum absolute atomic E-state index is 0.358. The molecular formula is C18H34S. The zero-order chi connectivity index (χ0) is 15.2. The van der Waals surface area contributed by atoms with Crippen LogP contribution in [0.4, 0.5) is 0 Å². The van der Waals surface area contributed by atoms with E-state index in [1.54, 1.807) is 0 Å². The minimum atomic E-state index is 0.358. The smallest absolute Gasteiger partial charge is 0.0262 e. The van der Waals surface area contributed by atoms with Crippen molar-refractivity contribution in [3.05, 3.63) is 23.3 Å². The van der Waals surface area contributed by atoms with Crippen molar-refractivity contribution in [2.24, 2.45) is 17.8 Å². The zero-order valence-electron chi connectivity index (χ0n) is 14.1. The maximum Gasteiger partial charge on any atom is 0.0262 e. The average molecular weight is 283 g/mol. The summed E-state index contributed by atoms with van der Waals surface area (Å²) in [5.74, 6) is 1.93. The van der Waals surface area contributed by atoms with E-state index in [2.05, 4.69) is 55.0 Å². The fourth-order valence-electron chi connectivity index (χ4n) is 3.19. The normalized spacial score (nSPS) is 16.5. The molecule has 112 valence electrons. The SMILES string of the molecule is C=C(C)/C(CC)=C(/C(C)C)C(S)C(C)C(CC)CC. The summed E-state index contributed by atoms with van der Waals surface area (Å²) < 4.78 is 0. The second-order valence-corrected chi connectivity index (χ2v) is 6.66. The van der Waals surface area contributed by atoms with Gasteiger partial charge in [0, 0.05) is 5.25 Å². The van der Waals surface area contributed by atoms with Gasteiger partial charge in [-0.3, -0.25) is 0 Å². The fraction of sp³-hybridized carbons (Fsp3) is 0.778. The van der Waals surface area contributed by atoms with Crippen LogP contribution in [-0.4, -0.2) is 5.25 Å². The van der Waals surface area contributed by atoms with Crippen LogP contribution in [0.15, 0.2) is 23.3 Å². The molecule has 0 aliphatic carbocycles. The largest absolute Gasteiger partial charge is 0.171 e. The molecule has 0 radical (unpaired) electrons. The molecule has 0 aliphatic heterocycles. The van der Waals surface area contributed by atoms with E-state index in [1.807, 2.05) is 0 Å². The van der Waals surface area contributed by atoms with E-state index in [-0.39, 0.29) is 0 Å². The molecule has 2 unspecified atom stereocenters. The predicted octanol–water partition coefficient (Wildman–Crippen LogP) is 6.30. The summed E-state index contributed by atoms with van der Waals surface area (Å²) in [6.45, 7) is 20.1. The summed E-state index contributed by atoms with van der Waals surface area (Å²) in [5, 5.41) is 0.358. The molecule has 0 aromatic rings. The van der Waals surface area contributed by atoms with E-state index in [9.17, 15) is 0 Å². The Labute approximate surface area is 127 Å². The Morgan fingerprint density at radius 1 is 1.05 bits per heavy atom. The van der Waals surface area contributed by atoms with Gasteiger partial charge < -0.3 is 0 Å². The molecule has 19 heavy (non-hydrogen) atoms. The summed E-state index contributed by atoms with van der Waals surface area (Å²) in [7, 11) is 0. The van der Waals surface area contributed by atoms with Crippen LogP contribution in [0.5, 0.6) is 0 Å². The predicted molar refractivity (Wildman–Crippen MR) is 93.0 cm³/mol. The molecule has 0 aromatic heterocycles. The van der Waals surface area contributed by atoms with Crippen molar-refractivity contribution >= 4 is 12.6 Å². The summed E-state index contributed by atoms with van der Waals surface area (Å²) in [6.07, 6.45) is 3.55. The van der Waals surface area contributed by atoms with Crippen molar-refractivity contribution in [1.82, 2.24) is 0 Å². The van der Waals surface area contributed by atoms with Gasteiger partial charge in [-0.25, -0.2) is 0 Å². The first kappa shape index (κ1) is 18.8. The van der Waals surface area contributed by atoms with Crippen LogP contribution in [0.25, 0.3) is 0 Å². The lowest BCUT2D eigenvalue weighted by atomic mass is 9.79. The highest BCUT2D eigenvalue weighted by molar-refractivity contribution is 7.81. The highest BCUT2D eigenvalue weighted by Crippen LogP contribution is 2.36. The van der Waals surface area contributed by atoms with Crippen LogP contribution in [-0.2, 0) is 0 Å². The number of rotatable bonds is 8. The summed E-state index contributed by atoms with van der Waals surface area (Å²) in [6, 6.07) is 0. The molecule has 0 aromatic carbocycles. The molecule has 0 saturated heterocycles. The molecule has 0 bridgehead atoms. The van der Waals surface area contributed by atoms with Gasteiger partial charge in [-0.15, -0.1) is 0 Å². The molecule has 2 atom stereocenters. The van der Waals surface area contributed by atoms with Gasteiger partial charge in [0.25, 0.3) is 0 Å². The Balaban J connectivity index is 5.47. The van der Waals surface area contributed by atoms with Gasteiger partial charge in [-0.05, 0) is 36.7 Å². The van der Waals surface area contributed by atoms with Crippen molar-refractivity contribution in [1.29, 1.82) is 0 Å². The topological polar surface area (TPSA) is 0 Å². The lowest BCUT2D eigenvalue weighted by Gasteiger charge is -2.32. The molecule has 0 rings (SSSR count). The van der Waals surface area contributed by atoms with Gasteiger partial charge >= 0.3 is 0 Å². The van der Waals surface area contributed by atoms with Crippen molar-refractivity contribution in [3.63, 3.8) is 0 Å². The Hall–Kier alpha value is -0.170. The first-order valence-corrected chi connectivity index (χ1v) is 8.40. The second kappa shape index (κ2) is 8.89. The molecule has 0 saturated carbocycles. The van der Waals surface area contributed by atoms with Crippen LogP contribution in [0.3, 0.4) is 0 Å². The zero-order valence-corrected chi connectivity index (χ0v) is 15.0. The quantitative estimate of drug-likeness (QED) is 0.392. The molecule has 0 spiro atoms. The van der Waals surface area contributed by atoms with E-state index in [0.29, 0.717) is 17.1 Å². The van der Waals surface area contributed by atoms with Gasteiger partial charge in [0.2, 0.25) is 0 Å². The fourth-order valence-corrected chi connectivity index (χ4v) is 3.89. The van der Waals surface area contributed by atoms with Crippen LogP contribution in [0, 0.1) is 17.8 Å². The summed E-state index contributed by atoms with van der Waals surface area (Å²) in [4.78, 5) is 0. The molecule has 0 N–H and O–H groups in total. The Morgan fingerprint density at radius 3 is 1.79 bits per heavy atom. The highest BCUT2D eigenvalue weighted by atomic mass is 32.1. The first-order chi connectivity index (χ1) is 8.81. The van der Waals surface area contributed by atoms with E-state index in [4.69, 9.17) is 12.6 Å². The molecule has 0 aliphatic rings. The molecule has 0 nitrogen and oxygen atoms in total. The average Bonchev–Trinajstić information content (AvgIpc) is 2.35. The molecule has 1 heteroatoms. The van der Waals surface area contributed by atoms with Gasteiger partial charge in [-0.2, -0.15) is 12.6 Å². The van der Waals surface area contributed by atoms with Crippen molar-refractivity contribution in [3.8, 4) is 0 Å². The van der Waals surface area contributed by atoms with Crippen molar-refractivity contribution in [2.75, 3.05) is 0 Å². The van der Waals surface area contributed by atoms with Crippen LogP contribution in [0.1, 0.15) is 67.7 Å². The number of thiol groups is 1. The first-order valence-electron chi connectivity index (χ1n) is 7.88. The number of hydrogen-bond acceptors (Lipinski definition) is 1. The van der Waals surface area contributed by atoms with E-state index < -0.39 is 0 Å². The molecular weight excluding hydrogens is 248 g/mol. The lowest BCUT2D eigenvalue weighted by molar-refractivity contribution is 0.335. The minimum Gasteiger partial charge on any atom is -0.171 e. The van der Waals surface area contributed by atoms with Gasteiger partial charge in [0.1, 0.15) is 0 Å². The van der Waals surface area contributed by atoms with Crippen LogP contribution < -0.4 is 0 Å². The third-order valence-corrected chi connectivity index (χ3v) is 5.20. The molecule has 0 fully saturated rings. The third kappa shape index (κ3) is 5.02. The number of hydrogen-bond donors (Lipinski definition) is 1. The number of allylic oxidation sites excluding steroid dienone is 2. The maximum atomic E-state index is 5.00. The van der Waals surface area contributed by atoms with Gasteiger partial charge in [-0.1, -0.05) is 72.1 Å². The lowest BCUT2D eigenvalue weighted by Crippen LogP contribution is -2.26. The standard InChI is InChI=1S/C18H34S/c1-9-15(10-2)14(8)18(19)17(13(6)7)16(11-3)12(4)5/h13-15,18-19H,4,9-11H2,1-3,5-8H3/b17-16-. The van der Waals surface area contributed by atoms with Crippen LogP contribution in [0.2, 0.25) is 0 Å². The van der Waals surface area contributed by atoms with E-state index in [1.165, 1.54) is 29.6 Å². The van der Waals surface area contributed by atoms with Crippen molar-refractivity contribution < 1.29 is 0 Å². The van der Waals surface area contributed by atoms with Gasteiger partial charge in [0.15, 0.2) is 0 Å². The van der Waals surface area contributed by atoms with Crippen molar-refractivity contribution in [2.45, 2.75) is 73.0 Å². The summed E-state index contributed by atoms with van der Waals surface area (Å²) >= 11 is 5.00. The van der Waals surface area contributed by atoms with Crippen LogP contribution >= 0.6 is 12.6 Å². The molecule has 0 amide bonds. The Kier molecular flexibility index (Phi) is 8.81. The summed E-state index contributed by atoms with van der Waals surface area (Å²) in [5.41, 5.74) is 4.16.